The predicted molar refractivity (Wildman–Crippen MR) is 149 cm³/mol. The summed E-state index contributed by atoms with van der Waals surface area (Å²) >= 11 is 14.2. The predicted octanol–water partition coefficient (Wildman–Crippen LogP) is 7.69. The summed E-state index contributed by atoms with van der Waals surface area (Å²) in [5, 5.41) is 11.3. The van der Waals surface area contributed by atoms with Gasteiger partial charge in [-0.1, -0.05) is 29.3 Å². The number of aromatic nitrogens is 1. The standard InChI is InChI=1S/C28H31Cl2FN2O3S/c1-36-20-5-6-25-22(16-20)27(23(30)18-32-25)24(31)7-8-28(17-26(34)35)9-11-33(12-10-28)13-14-37-21-4-2-3-19(29)15-21/h2-6,15-16,18,24H,7-14,17H2,1H3,(H,34,35)/t24-/m0/s1. The van der Waals surface area contributed by atoms with E-state index in [4.69, 9.17) is 27.9 Å². The van der Waals surface area contributed by atoms with Gasteiger partial charge in [-0.25, -0.2) is 4.39 Å². The van der Waals surface area contributed by atoms with Gasteiger partial charge in [-0.15, -0.1) is 11.8 Å². The third-order valence-electron chi connectivity index (χ3n) is 7.22. The SMILES string of the molecule is COc1ccc2ncc(Cl)c([C@@H](F)CCC3(CC(=O)O)CCN(CCSc4cccc(Cl)c4)CC3)c2c1. The molecule has 2 aromatic carbocycles. The maximum Gasteiger partial charge on any atom is 0.303 e. The number of pyridine rings is 1. The fraction of sp³-hybridized carbons (Fsp3) is 0.429. The molecule has 0 amide bonds. The lowest BCUT2D eigenvalue weighted by molar-refractivity contribution is -0.141. The molecule has 2 heterocycles. The van der Waals surface area contributed by atoms with E-state index in [1.54, 1.807) is 37.1 Å². The monoisotopic (exact) mass is 564 g/mol. The molecule has 1 aromatic heterocycles. The number of fused-ring (bicyclic) bond motifs is 1. The van der Waals surface area contributed by atoms with Crippen LogP contribution < -0.4 is 4.74 Å². The highest BCUT2D eigenvalue weighted by Gasteiger charge is 2.37. The second-order valence-electron chi connectivity index (χ2n) is 9.63. The summed E-state index contributed by atoms with van der Waals surface area (Å²) in [6.45, 7) is 2.51. The van der Waals surface area contributed by atoms with Crippen LogP contribution in [0.2, 0.25) is 10.0 Å². The molecule has 1 aliphatic rings. The number of likely N-dealkylation sites (tertiary alicyclic amines) is 1. The molecule has 1 atom stereocenters. The van der Waals surface area contributed by atoms with Crippen LogP contribution in [0.3, 0.4) is 0 Å². The highest BCUT2D eigenvalue weighted by atomic mass is 35.5. The van der Waals surface area contributed by atoms with Gasteiger partial charge in [0.15, 0.2) is 0 Å². The first-order valence-corrected chi connectivity index (χ1v) is 14.1. The summed E-state index contributed by atoms with van der Waals surface area (Å²) < 4.78 is 21.0. The van der Waals surface area contributed by atoms with Gasteiger partial charge in [0.05, 0.1) is 24.1 Å². The summed E-state index contributed by atoms with van der Waals surface area (Å²) in [6.07, 6.45) is 2.33. The Morgan fingerprint density at radius 3 is 2.73 bits per heavy atom. The van der Waals surface area contributed by atoms with Crippen molar-refractivity contribution in [1.29, 1.82) is 0 Å². The molecule has 1 aliphatic heterocycles. The molecule has 37 heavy (non-hydrogen) atoms. The van der Waals surface area contributed by atoms with E-state index in [0.29, 0.717) is 28.6 Å². The van der Waals surface area contributed by atoms with Crippen molar-refractivity contribution in [2.45, 2.75) is 43.2 Å². The highest BCUT2D eigenvalue weighted by molar-refractivity contribution is 7.99. The second kappa shape index (κ2) is 12.7. The van der Waals surface area contributed by atoms with Crippen molar-refractivity contribution in [2.24, 2.45) is 5.41 Å². The molecule has 4 rings (SSSR count). The van der Waals surface area contributed by atoms with E-state index in [-0.39, 0.29) is 17.9 Å². The number of carbonyl (C=O) groups is 1. The van der Waals surface area contributed by atoms with Crippen LogP contribution in [0.1, 0.15) is 43.8 Å². The summed E-state index contributed by atoms with van der Waals surface area (Å²) in [4.78, 5) is 19.6. The Kier molecular flexibility index (Phi) is 9.57. The fourth-order valence-electron chi connectivity index (χ4n) is 5.13. The summed E-state index contributed by atoms with van der Waals surface area (Å²) in [5.41, 5.74) is 0.610. The highest BCUT2D eigenvalue weighted by Crippen LogP contribution is 2.44. The number of hydrogen-bond acceptors (Lipinski definition) is 5. The largest absolute Gasteiger partial charge is 0.497 e. The average Bonchev–Trinajstić information content (AvgIpc) is 2.88. The number of carboxylic acid groups (broad SMARTS) is 1. The Bertz CT molecular complexity index is 1240. The first kappa shape index (κ1) is 28.0. The third-order valence-corrected chi connectivity index (χ3v) is 8.74. The molecule has 3 aromatic rings. The van der Waals surface area contributed by atoms with Crippen molar-refractivity contribution in [1.82, 2.24) is 9.88 Å². The first-order chi connectivity index (χ1) is 17.8. The number of carboxylic acids is 1. The van der Waals surface area contributed by atoms with E-state index >= 15 is 4.39 Å². The zero-order chi connectivity index (χ0) is 26.4. The summed E-state index contributed by atoms with van der Waals surface area (Å²) in [5.74, 6) is 0.696. The molecule has 5 nitrogen and oxygen atoms in total. The number of hydrogen-bond donors (Lipinski definition) is 1. The van der Waals surface area contributed by atoms with Crippen molar-refractivity contribution in [3.63, 3.8) is 0 Å². The number of benzene rings is 2. The smallest absolute Gasteiger partial charge is 0.303 e. The van der Waals surface area contributed by atoms with Crippen LogP contribution in [-0.2, 0) is 4.79 Å². The topological polar surface area (TPSA) is 62.7 Å². The van der Waals surface area contributed by atoms with Crippen LogP contribution in [0, 0.1) is 5.41 Å². The molecule has 1 N–H and O–H groups in total. The van der Waals surface area contributed by atoms with Gasteiger partial charge in [0.2, 0.25) is 0 Å². The summed E-state index contributed by atoms with van der Waals surface area (Å²) in [7, 11) is 1.56. The lowest BCUT2D eigenvalue weighted by atomic mass is 9.71. The van der Waals surface area contributed by atoms with Crippen molar-refractivity contribution in [2.75, 3.05) is 32.5 Å². The van der Waals surface area contributed by atoms with E-state index in [1.807, 2.05) is 24.3 Å². The number of nitrogens with zero attached hydrogens (tertiary/aromatic N) is 2. The second-order valence-corrected chi connectivity index (χ2v) is 11.6. The number of halogens is 3. The molecular formula is C28H31Cl2FN2O3S. The van der Waals surface area contributed by atoms with Crippen LogP contribution in [-0.4, -0.2) is 53.5 Å². The van der Waals surface area contributed by atoms with E-state index in [1.165, 1.54) is 6.20 Å². The Morgan fingerprint density at radius 2 is 2.03 bits per heavy atom. The number of methoxy groups -OCH3 is 1. The van der Waals surface area contributed by atoms with E-state index in [0.717, 1.165) is 48.1 Å². The lowest BCUT2D eigenvalue weighted by Crippen LogP contribution is -2.42. The number of ether oxygens (including phenoxy) is 1. The number of aliphatic carboxylic acids is 1. The molecule has 1 saturated heterocycles. The maximum absolute atomic E-state index is 15.7. The number of alkyl halides is 1. The Balaban J connectivity index is 1.38. The van der Waals surface area contributed by atoms with Gasteiger partial charge in [0.25, 0.3) is 0 Å². The molecular weight excluding hydrogens is 534 g/mol. The third kappa shape index (κ3) is 7.29. The summed E-state index contributed by atoms with van der Waals surface area (Å²) in [6, 6.07) is 13.1. The molecule has 198 valence electrons. The number of piperidine rings is 1. The minimum Gasteiger partial charge on any atom is -0.497 e. The lowest BCUT2D eigenvalue weighted by Gasteiger charge is -2.41. The average molecular weight is 566 g/mol. The Labute approximate surface area is 231 Å². The van der Waals surface area contributed by atoms with E-state index < -0.39 is 17.6 Å². The van der Waals surface area contributed by atoms with Crippen molar-refractivity contribution in [3.05, 3.63) is 64.3 Å². The van der Waals surface area contributed by atoms with Crippen molar-refractivity contribution >= 4 is 51.8 Å². The molecule has 0 bridgehead atoms. The molecule has 9 heteroatoms. The molecule has 0 unspecified atom stereocenters. The molecule has 1 fully saturated rings. The van der Waals surface area contributed by atoms with Gasteiger partial charge < -0.3 is 14.7 Å². The van der Waals surface area contributed by atoms with Gasteiger partial charge in [-0.2, -0.15) is 0 Å². The normalized spacial score (nSPS) is 16.5. The minimum atomic E-state index is -1.33. The first-order valence-electron chi connectivity index (χ1n) is 12.4. The molecule has 0 saturated carbocycles. The fourth-order valence-corrected chi connectivity index (χ4v) is 6.62. The molecule has 0 spiro atoms. The molecule has 0 radical (unpaired) electrons. The van der Waals surface area contributed by atoms with E-state index in [2.05, 4.69) is 9.88 Å². The van der Waals surface area contributed by atoms with Crippen molar-refractivity contribution in [3.8, 4) is 5.75 Å². The number of rotatable bonds is 11. The van der Waals surface area contributed by atoms with Crippen LogP contribution in [0.5, 0.6) is 5.75 Å². The zero-order valence-corrected chi connectivity index (χ0v) is 23.1. The van der Waals surface area contributed by atoms with Crippen molar-refractivity contribution < 1.29 is 19.0 Å². The van der Waals surface area contributed by atoms with E-state index in [9.17, 15) is 9.90 Å². The molecule has 0 aliphatic carbocycles. The van der Waals surface area contributed by atoms with Gasteiger partial charge >= 0.3 is 5.97 Å². The van der Waals surface area contributed by atoms with Gasteiger partial charge in [-0.3, -0.25) is 9.78 Å². The maximum atomic E-state index is 15.7. The Morgan fingerprint density at radius 1 is 1.24 bits per heavy atom. The Hall–Kier alpha value is -2.06. The zero-order valence-electron chi connectivity index (χ0n) is 20.8. The van der Waals surface area contributed by atoms with Gasteiger partial charge in [0.1, 0.15) is 11.9 Å². The van der Waals surface area contributed by atoms with Crippen LogP contribution >= 0.6 is 35.0 Å². The van der Waals surface area contributed by atoms with Crippen LogP contribution in [0.4, 0.5) is 4.39 Å². The minimum absolute atomic E-state index is 0.0451. The quantitative estimate of drug-likeness (QED) is 0.241. The number of thioether (sulfide) groups is 1. The van der Waals surface area contributed by atoms with Gasteiger partial charge in [-0.05, 0) is 80.6 Å². The van der Waals surface area contributed by atoms with Crippen LogP contribution in [0.25, 0.3) is 10.9 Å². The van der Waals surface area contributed by atoms with Crippen LogP contribution in [0.15, 0.2) is 53.6 Å². The van der Waals surface area contributed by atoms with Gasteiger partial charge in [0, 0.05) is 39.4 Å².